The largest absolute Gasteiger partial charge is 0.406 e. The summed E-state index contributed by atoms with van der Waals surface area (Å²) in [5.74, 6) is -0.136. The summed E-state index contributed by atoms with van der Waals surface area (Å²) in [4.78, 5) is 13.6. The summed E-state index contributed by atoms with van der Waals surface area (Å²) in [6.07, 6.45) is -2.49. The normalized spacial score (nSPS) is 13.5. The molecule has 0 aliphatic heterocycles. The smallest absolute Gasteiger partial charge is 0.340 e. The SMILES string of the molecule is CC(C)C(N)CCN(C)C(=O)c1cccn1CC(F)(F)F. The average Bonchev–Trinajstić information content (AvgIpc) is 2.79. The van der Waals surface area contributed by atoms with E-state index >= 15 is 0 Å². The van der Waals surface area contributed by atoms with Crippen LogP contribution in [0, 0.1) is 5.92 Å². The van der Waals surface area contributed by atoms with Gasteiger partial charge in [0.05, 0.1) is 0 Å². The molecule has 0 saturated heterocycles. The maximum atomic E-state index is 12.4. The first-order valence-corrected chi connectivity index (χ1v) is 6.84. The molecule has 0 bridgehead atoms. The van der Waals surface area contributed by atoms with Gasteiger partial charge in [0.15, 0.2) is 0 Å². The fourth-order valence-corrected chi connectivity index (χ4v) is 1.91. The lowest BCUT2D eigenvalue weighted by atomic mass is 10.0. The summed E-state index contributed by atoms with van der Waals surface area (Å²) < 4.78 is 38.2. The van der Waals surface area contributed by atoms with E-state index in [0.717, 1.165) is 4.57 Å². The molecule has 120 valence electrons. The minimum atomic E-state index is -4.35. The summed E-state index contributed by atoms with van der Waals surface area (Å²) in [6, 6.07) is 2.79. The van der Waals surface area contributed by atoms with Crippen molar-refractivity contribution in [2.75, 3.05) is 13.6 Å². The summed E-state index contributed by atoms with van der Waals surface area (Å²) in [7, 11) is 1.57. The van der Waals surface area contributed by atoms with Crippen LogP contribution >= 0.6 is 0 Å². The molecule has 0 aliphatic rings. The molecular formula is C14H22F3N3O. The Morgan fingerprint density at radius 3 is 2.57 bits per heavy atom. The average molecular weight is 305 g/mol. The van der Waals surface area contributed by atoms with Crippen molar-refractivity contribution in [1.29, 1.82) is 0 Å². The summed E-state index contributed by atoms with van der Waals surface area (Å²) >= 11 is 0. The molecule has 4 nitrogen and oxygen atoms in total. The Labute approximate surface area is 122 Å². The number of aromatic nitrogens is 1. The zero-order chi connectivity index (χ0) is 16.2. The number of carbonyl (C=O) groups is 1. The molecule has 7 heteroatoms. The first kappa shape index (κ1) is 17.6. The Balaban J connectivity index is 2.69. The third-order valence-electron chi connectivity index (χ3n) is 3.40. The Hall–Kier alpha value is -1.50. The van der Waals surface area contributed by atoms with E-state index in [1.165, 1.54) is 23.2 Å². The van der Waals surface area contributed by atoms with Gasteiger partial charge in [0, 0.05) is 25.8 Å². The quantitative estimate of drug-likeness (QED) is 0.878. The highest BCUT2D eigenvalue weighted by molar-refractivity contribution is 5.92. The second kappa shape index (κ2) is 6.98. The van der Waals surface area contributed by atoms with Crippen LogP contribution in [-0.2, 0) is 6.54 Å². The third-order valence-corrected chi connectivity index (χ3v) is 3.40. The van der Waals surface area contributed by atoms with E-state index in [1.54, 1.807) is 7.05 Å². The minimum absolute atomic E-state index is 0.0351. The molecule has 1 amide bonds. The molecule has 2 N–H and O–H groups in total. The van der Waals surface area contributed by atoms with Crippen molar-refractivity contribution in [2.45, 2.75) is 39.0 Å². The van der Waals surface area contributed by atoms with E-state index in [4.69, 9.17) is 5.73 Å². The van der Waals surface area contributed by atoms with E-state index < -0.39 is 18.6 Å². The number of amides is 1. The molecule has 0 aliphatic carbocycles. The lowest BCUT2D eigenvalue weighted by molar-refractivity contribution is -0.140. The molecule has 1 aromatic heterocycles. The van der Waals surface area contributed by atoms with Gasteiger partial charge in [0.1, 0.15) is 12.2 Å². The Morgan fingerprint density at radius 2 is 2.05 bits per heavy atom. The fourth-order valence-electron chi connectivity index (χ4n) is 1.91. The van der Waals surface area contributed by atoms with Gasteiger partial charge in [-0.1, -0.05) is 13.8 Å². The minimum Gasteiger partial charge on any atom is -0.340 e. The predicted molar refractivity (Wildman–Crippen MR) is 74.9 cm³/mol. The van der Waals surface area contributed by atoms with E-state index in [-0.39, 0.29) is 11.7 Å². The highest BCUT2D eigenvalue weighted by atomic mass is 19.4. The molecule has 1 unspecified atom stereocenters. The van der Waals surface area contributed by atoms with Crippen LogP contribution < -0.4 is 5.73 Å². The van der Waals surface area contributed by atoms with Gasteiger partial charge in [0.25, 0.3) is 5.91 Å². The maximum Gasteiger partial charge on any atom is 0.406 e. The van der Waals surface area contributed by atoms with Gasteiger partial charge in [-0.25, -0.2) is 0 Å². The number of alkyl halides is 3. The molecule has 0 aromatic carbocycles. The number of rotatable bonds is 6. The van der Waals surface area contributed by atoms with Crippen LogP contribution in [-0.4, -0.2) is 41.2 Å². The number of hydrogen-bond donors (Lipinski definition) is 1. The van der Waals surface area contributed by atoms with E-state index in [2.05, 4.69) is 0 Å². The van der Waals surface area contributed by atoms with Gasteiger partial charge in [-0.15, -0.1) is 0 Å². The van der Waals surface area contributed by atoms with Gasteiger partial charge in [-0.05, 0) is 24.5 Å². The zero-order valence-electron chi connectivity index (χ0n) is 12.5. The van der Waals surface area contributed by atoms with Gasteiger partial charge in [0.2, 0.25) is 0 Å². The lowest BCUT2D eigenvalue weighted by Gasteiger charge is -2.22. The first-order valence-electron chi connectivity index (χ1n) is 6.84. The number of carbonyl (C=O) groups excluding carboxylic acids is 1. The van der Waals surface area contributed by atoms with Crippen LogP contribution in [0.4, 0.5) is 13.2 Å². The Kier molecular flexibility index (Phi) is 5.83. The highest BCUT2D eigenvalue weighted by Crippen LogP contribution is 2.19. The van der Waals surface area contributed by atoms with Gasteiger partial charge >= 0.3 is 6.18 Å². The van der Waals surface area contributed by atoms with Crippen LogP contribution in [0.2, 0.25) is 0 Å². The van der Waals surface area contributed by atoms with Crippen molar-refractivity contribution in [3.8, 4) is 0 Å². The molecule has 0 radical (unpaired) electrons. The standard InChI is InChI=1S/C14H22F3N3O/c1-10(2)11(18)6-8-19(3)13(21)12-5-4-7-20(12)9-14(15,16)17/h4-5,7,10-11H,6,8-9,18H2,1-3H3. The van der Waals surface area contributed by atoms with Gasteiger partial charge in [-0.3, -0.25) is 4.79 Å². The van der Waals surface area contributed by atoms with Crippen molar-refractivity contribution in [1.82, 2.24) is 9.47 Å². The molecule has 0 saturated carbocycles. The molecule has 0 spiro atoms. The second-order valence-electron chi connectivity index (χ2n) is 5.56. The fraction of sp³-hybridized carbons (Fsp3) is 0.643. The molecular weight excluding hydrogens is 283 g/mol. The van der Waals surface area contributed by atoms with Crippen LogP contribution in [0.5, 0.6) is 0 Å². The van der Waals surface area contributed by atoms with Gasteiger partial charge < -0.3 is 15.2 Å². The van der Waals surface area contributed by atoms with Gasteiger partial charge in [-0.2, -0.15) is 13.2 Å². The summed E-state index contributed by atoms with van der Waals surface area (Å²) in [5, 5.41) is 0. The molecule has 1 heterocycles. The van der Waals surface area contributed by atoms with Crippen molar-refractivity contribution in [3.63, 3.8) is 0 Å². The second-order valence-corrected chi connectivity index (χ2v) is 5.56. The first-order chi connectivity index (χ1) is 9.61. The molecule has 0 fully saturated rings. The molecule has 21 heavy (non-hydrogen) atoms. The van der Waals surface area contributed by atoms with Crippen LogP contribution in [0.25, 0.3) is 0 Å². The monoisotopic (exact) mass is 305 g/mol. The number of halogens is 3. The third kappa shape index (κ3) is 5.41. The van der Waals surface area contributed by atoms with Crippen molar-refractivity contribution >= 4 is 5.91 Å². The topological polar surface area (TPSA) is 51.3 Å². The molecule has 1 atom stereocenters. The zero-order valence-corrected chi connectivity index (χ0v) is 12.5. The lowest BCUT2D eigenvalue weighted by Crippen LogP contribution is -2.35. The Morgan fingerprint density at radius 1 is 1.43 bits per heavy atom. The van der Waals surface area contributed by atoms with Crippen molar-refractivity contribution in [3.05, 3.63) is 24.0 Å². The van der Waals surface area contributed by atoms with E-state index in [1.807, 2.05) is 13.8 Å². The predicted octanol–water partition coefficient (Wildman–Crippen LogP) is 2.50. The highest BCUT2D eigenvalue weighted by Gasteiger charge is 2.30. The van der Waals surface area contributed by atoms with Crippen LogP contribution in [0.1, 0.15) is 30.8 Å². The Bertz CT molecular complexity index is 468. The van der Waals surface area contributed by atoms with Crippen molar-refractivity contribution in [2.24, 2.45) is 11.7 Å². The molecule has 1 rings (SSSR count). The summed E-state index contributed by atoms with van der Waals surface area (Å²) in [6.45, 7) is 3.22. The number of nitrogens with zero attached hydrogens (tertiary/aromatic N) is 2. The molecule has 1 aromatic rings. The summed E-state index contributed by atoms with van der Waals surface area (Å²) in [5.41, 5.74) is 5.94. The van der Waals surface area contributed by atoms with Crippen LogP contribution in [0.15, 0.2) is 18.3 Å². The maximum absolute atomic E-state index is 12.4. The van der Waals surface area contributed by atoms with Crippen molar-refractivity contribution < 1.29 is 18.0 Å². The van der Waals surface area contributed by atoms with E-state index in [9.17, 15) is 18.0 Å². The number of nitrogens with two attached hydrogens (primary N) is 1. The van der Waals surface area contributed by atoms with E-state index in [0.29, 0.717) is 18.9 Å². The number of hydrogen-bond acceptors (Lipinski definition) is 2. The van der Waals surface area contributed by atoms with Crippen LogP contribution in [0.3, 0.4) is 0 Å².